The number of nitrogen functional groups attached to an aromatic ring is 1. The van der Waals surface area contributed by atoms with Gasteiger partial charge in [-0.2, -0.15) is 0 Å². The molecule has 1 aliphatic heterocycles. The first-order valence-corrected chi connectivity index (χ1v) is 6.48. The van der Waals surface area contributed by atoms with Crippen LogP contribution in [0.15, 0.2) is 6.07 Å². The molecule has 2 aliphatic rings. The largest absolute Gasteiger partial charge is 0.374 e. The minimum atomic E-state index is 0.364. The van der Waals surface area contributed by atoms with Crippen molar-refractivity contribution in [1.29, 1.82) is 0 Å². The number of aryl methyl sites for hydroxylation is 1. The van der Waals surface area contributed by atoms with E-state index in [0.717, 1.165) is 31.2 Å². The van der Waals surface area contributed by atoms with E-state index in [-0.39, 0.29) is 0 Å². The van der Waals surface area contributed by atoms with E-state index in [0.29, 0.717) is 18.0 Å². The molecule has 6 heteroatoms. The second-order valence-corrected chi connectivity index (χ2v) is 4.90. The molecule has 1 saturated heterocycles. The van der Waals surface area contributed by atoms with E-state index in [1.54, 1.807) is 0 Å². The van der Waals surface area contributed by atoms with Gasteiger partial charge in [0.05, 0.1) is 18.8 Å². The van der Waals surface area contributed by atoms with Crippen LogP contribution in [0.1, 0.15) is 25.1 Å². The summed E-state index contributed by atoms with van der Waals surface area (Å²) in [5.74, 6) is 7.80. The lowest BCUT2D eigenvalue weighted by Crippen LogP contribution is -2.49. The fourth-order valence-corrected chi connectivity index (χ4v) is 2.98. The lowest BCUT2D eigenvalue weighted by Gasteiger charge is -2.38. The quantitative estimate of drug-likeness (QED) is 0.597. The molecule has 0 spiro atoms. The minimum Gasteiger partial charge on any atom is -0.374 e. The van der Waals surface area contributed by atoms with Gasteiger partial charge in [-0.3, -0.25) is 0 Å². The molecule has 0 amide bonds. The number of hydrazine groups is 1. The number of hydrogen-bond acceptors (Lipinski definition) is 6. The van der Waals surface area contributed by atoms with Crippen molar-refractivity contribution in [3.05, 3.63) is 11.9 Å². The summed E-state index contributed by atoms with van der Waals surface area (Å²) < 4.78 is 5.82. The Balaban J connectivity index is 1.90. The molecule has 2 unspecified atom stereocenters. The van der Waals surface area contributed by atoms with Crippen LogP contribution in [0.5, 0.6) is 0 Å². The third kappa shape index (κ3) is 2.02. The van der Waals surface area contributed by atoms with E-state index in [9.17, 15) is 0 Å². The average Bonchev–Trinajstić information content (AvgIpc) is 2.85. The van der Waals surface area contributed by atoms with Gasteiger partial charge in [-0.15, -0.1) is 0 Å². The number of morpholine rings is 1. The van der Waals surface area contributed by atoms with Crippen molar-refractivity contribution in [2.75, 3.05) is 23.5 Å². The first kappa shape index (κ1) is 11.7. The maximum absolute atomic E-state index is 5.82. The predicted molar refractivity (Wildman–Crippen MR) is 69.3 cm³/mol. The Bertz CT molecular complexity index is 438. The SMILES string of the molecule is Cc1nc(NN)cc(N2CCOC3CCCC32)n1. The normalized spacial score (nSPS) is 27.1. The van der Waals surface area contributed by atoms with E-state index >= 15 is 0 Å². The molecule has 2 fully saturated rings. The summed E-state index contributed by atoms with van der Waals surface area (Å²) >= 11 is 0. The molecule has 1 saturated carbocycles. The second-order valence-electron chi connectivity index (χ2n) is 4.90. The molecule has 3 N–H and O–H groups in total. The lowest BCUT2D eigenvalue weighted by molar-refractivity contribution is 0.0253. The zero-order valence-electron chi connectivity index (χ0n) is 10.6. The summed E-state index contributed by atoms with van der Waals surface area (Å²) in [7, 11) is 0. The summed E-state index contributed by atoms with van der Waals surface area (Å²) in [5.41, 5.74) is 2.60. The Morgan fingerprint density at radius 1 is 1.44 bits per heavy atom. The molecule has 2 heterocycles. The molecular weight excluding hydrogens is 230 g/mol. The highest BCUT2D eigenvalue weighted by Crippen LogP contribution is 2.32. The van der Waals surface area contributed by atoms with E-state index in [1.165, 1.54) is 12.8 Å². The smallest absolute Gasteiger partial charge is 0.145 e. The third-order valence-corrected chi connectivity index (χ3v) is 3.75. The van der Waals surface area contributed by atoms with Crippen LogP contribution in [0, 0.1) is 6.92 Å². The maximum atomic E-state index is 5.82. The monoisotopic (exact) mass is 249 g/mol. The Hall–Kier alpha value is -1.40. The Kier molecular flexibility index (Phi) is 3.05. The third-order valence-electron chi connectivity index (χ3n) is 3.75. The van der Waals surface area contributed by atoms with Crippen molar-refractivity contribution in [2.24, 2.45) is 5.84 Å². The van der Waals surface area contributed by atoms with Gasteiger partial charge >= 0.3 is 0 Å². The average molecular weight is 249 g/mol. The van der Waals surface area contributed by atoms with Crippen LogP contribution in [0.4, 0.5) is 11.6 Å². The molecule has 18 heavy (non-hydrogen) atoms. The molecule has 1 aromatic rings. The zero-order valence-corrected chi connectivity index (χ0v) is 10.6. The number of nitrogens with zero attached hydrogens (tertiary/aromatic N) is 3. The van der Waals surface area contributed by atoms with Crippen LogP contribution in [-0.4, -0.2) is 35.3 Å². The van der Waals surface area contributed by atoms with Crippen molar-refractivity contribution in [3.8, 4) is 0 Å². The maximum Gasteiger partial charge on any atom is 0.145 e. The topological polar surface area (TPSA) is 76.3 Å². The molecule has 1 aliphatic carbocycles. The van der Waals surface area contributed by atoms with Crippen LogP contribution in [0.3, 0.4) is 0 Å². The van der Waals surface area contributed by atoms with Crippen LogP contribution in [0.25, 0.3) is 0 Å². The van der Waals surface area contributed by atoms with E-state index < -0.39 is 0 Å². The number of anilines is 2. The van der Waals surface area contributed by atoms with Crippen LogP contribution in [-0.2, 0) is 4.74 Å². The number of hydrogen-bond donors (Lipinski definition) is 2. The van der Waals surface area contributed by atoms with Crippen molar-refractivity contribution >= 4 is 11.6 Å². The fraction of sp³-hybridized carbons (Fsp3) is 0.667. The van der Waals surface area contributed by atoms with Gasteiger partial charge in [-0.25, -0.2) is 15.8 Å². The lowest BCUT2D eigenvalue weighted by atomic mass is 10.1. The molecule has 2 atom stereocenters. The van der Waals surface area contributed by atoms with E-state index in [1.807, 2.05) is 13.0 Å². The molecule has 1 aromatic heterocycles. The fourth-order valence-electron chi connectivity index (χ4n) is 2.98. The minimum absolute atomic E-state index is 0.364. The van der Waals surface area contributed by atoms with Crippen LogP contribution < -0.4 is 16.2 Å². The van der Waals surface area contributed by atoms with E-state index in [4.69, 9.17) is 10.6 Å². The molecule has 3 rings (SSSR count). The van der Waals surface area contributed by atoms with Gasteiger partial charge in [-0.1, -0.05) is 0 Å². The molecule has 0 radical (unpaired) electrons. The molecule has 98 valence electrons. The number of rotatable bonds is 2. The summed E-state index contributed by atoms with van der Waals surface area (Å²) in [5, 5.41) is 0. The zero-order chi connectivity index (χ0) is 12.5. The summed E-state index contributed by atoms with van der Waals surface area (Å²) in [6, 6.07) is 2.37. The highest BCUT2D eigenvalue weighted by atomic mass is 16.5. The van der Waals surface area contributed by atoms with Crippen LogP contribution in [0.2, 0.25) is 0 Å². The summed E-state index contributed by atoms with van der Waals surface area (Å²) in [4.78, 5) is 11.1. The van der Waals surface area contributed by atoms with Gasteiger partial charge in [0.1, 0.15) is 17.5 Å². The van der Waals surface area contributed by atoms with Gasteiger partial charge in [-0.05, 0) is 26.2 Å². The number of ether oxygens (including phenoxy) is 1. The Labute approximate surface area is 107 Å². The van der Waals surface area contributed by atoms with Crippen molar-refractivity contribution < 1.29 is 4.74 Å². The summed E-state index contributed by atoms with van der Waals surface area (Å²) in [6.07, 6.45) is 3.94. The highest BCUT2D eigenvalue weighted by Gasteiger charge is 2.36. The standard InChI is InChI=1S/C12H19N5O/c1-8-14-11(16-13)7-12(15-8)17-5-6-18-10-4-2-3-9(10)17/h7,9-10H,2-6,13H2,1H3,(H,14,15,16). The van der Waals surface area contributed by atoms with Gasteiger partial charge in [0.25, 0.3) is 0 Å². The van der Waals surface area contributed by atoms with Gasteiger partial charge < -0.3 is 15.1 Å². The molecule has 0 aromatic carbocycles. The van der Waals surface area contributed by atoms with Crippen molar-refractivity contribution in [3.63, 3.8) is 0 Å². The molecule has 0 bridgehead atoms. The number of fused-ring (bicyclic) bond motifs is 1. The van der Waals surface area contributed by atoms with Gasteiger partial charge in [0, 0.05) is 12.6 Å². The second kappa shape index (κ2) is 4.70. The van der Waals surface area contributed by atoms with Gasteiger partial charge in [0.15, 0.2) is 0 Å². The number of nitrogens with one attached hydrogen (secondary N) is 1. The van der Waals surface area contributed by atoms with Crippen molar-refractivity contribution in [1.82, 2.24) is 9.97 Å². The van der Waals surface area contributed by atoms with Crippen molar-refractivity contribution in [2.45, 2.75) is 38.3 Å². The first-order chi connectivity index (χ1) is 8.78. The van der Waals surface area contributed by atoms with E-state index in [2.05, 4.69) is 20.3 Å². The number of aromatic nitrogens is 2. The van der Waals surface area contributed by atoms with Crippen LogP contribution >= 0.6 is 0 Å². The summed E-state index contributed by atoms with van der Waals surface area (Å²) in [6.45, 7) is 3.55. The Morgan fingerprint density at radius 2 is 2.33 bits per heavy atom. The predicted octanol–water partition coefficient (Wildman–Crippen LogP) is 0.828. The first-order valence-electron chi connectivity index (χ1n) is 6.48. The Morgan fingerprint density at radius 3 is 3.17 bits per heavy atom. The highest BCUT2D eigenvalue weighted by molar-refractivity contribution is 5.50. The number of nitrogens with two attached hydrogens (primary N) is 1. The molecular formula is C12H19N5O. The van der Waals surface area contributed by atoms with Gasteiger partial charge in [0.2, 0.25) is 0 Å². The molecule has 6 nitrogen and oxygen atoms in total.